The zero-order valence-corrected chi connectivity index (χ0v) is 14.0. The fraction of sp³-hybridized carbons (Fsp3) is 0.176. The van der Waals surface area contributed by atoms with Crippen molar-refractivity contribution < 1.29 is 24.5 Å². The molecule has 2 aliphatic rings. The molecule has 2 aromatic carbocycles. The van der Waals surface area contributed by atoms with Gasteiger partial charge < -0.3 is 20.3 Å². The second-order valence-electron chi connectivity index (χ2n) is 5.90. The van der Waals surface area contributed by atoms with Crippen molar-refractivity contribution in [1.29, 1.82) is 0 Å². The van der Waals surface area contributed by atoms with Gasteiger partial charge >= 0.3 is 11.9 Å². The van der Waals surface area contributed by atoms with Crippen LogP contribution in [0.2, 0.25) is 10.0 Å². The number of halogens is 2. The number of carboxylic acid groups (broad SMARTS) is 2. The topological polar surface area (TPSA) is 95.9 Å². The SMILES string of the molecule is O=C(O)c1cccc2c1OC1C(C(=O)O)Nc3cc(Cl)cc(Cl)c3C21. The van der Waals surface area contributed by atoms with Crippen molar-refractivity contribution >= 4 is 40.8 Å². The van der Waals surface area contributed by atoms with Crippen LogP contribution in [0.5, 0.6) is 5.75 Å². The lowest BCUT2D eigenvalue weighted by Crippen LogP contribution is -2.48. The standard InChI is InChI=1S/C17H11Cl2NO5/c18-6-4-9(19)12-10(5-6)20-13(17(23)24)15-11(12)7-2-1-3-8(16(21)22)14(7)25-15/h1-5,11,13,15,20H,(H,21,22)(H,23,24). The lowest BCUT2D eigenvalue weighted by Gasteiger charge is -2.34. The van der Waals surface area contributed by atoms with Gasteiger partial charge in [0.05, 0.1) is 5.92 Å². The quantitative estimate of drug-likeness (QED) is 0.739. The highest BCUT2D eigenvalue weighted by Crippen LogP contribution is 2.52. The van der Waals surface area contributed by atoms with Crippen molar-refractivity contribution in [2.24, 2.45) is 0 Å². The van der Waals surface area contributed by atoms with Crippen LogP contribution in [0, 0.1) is 0 Å². The number of para-hydroxylation sites is 1. The minimum atomic E-state index is -1.14. The average Bonchev–Trinajstić information content (AvgIpc) is 2.92. The fourth-order valence-corrected chi connectivity index (χ4v) is 4.14. The Balaban J connectivity index is 1.98. The van der Waals surface area contributed by atoms with Crippen LogP contribution in [-0.2, 0) is 4.79 Å². The van der Waals surface area contributed by atoms with Gasteiger partial charge in [0.25, 0.3) is 0 Å². The van der Waals surface area contributed by atoms with Crippen LogP contribution in [0.25, 0.3) is 0 Å². The minimum Gasteiger partial charge on any atom is -0.485 e. The summed E-state index contributed by atoms with van der Waals surface area (Å²) < 4.78 is 5.80. The van der Waals surface area contributed by atoms with Crippen molar-refractivity contribution in [3.05, 3.63) is 57.1 Å². The van der Waals surface area contributed by atoms with Crippen molar-refractivity contribution in [2.75, 3.05) is 5.32 Å². The van der Waals surface area contributed by atoms with Gasteiger partial charge in [-0.2, -0.15) is 0 Å². The third-order valence-corrected chi connectivity index (χ3v) is 5.04. The van der Waals surface area contributed by atoms with Gasteiger partial charge in [0.1, 0.15) is 17.4 Å². The van der Waals surface area contributed by atoms with Gasteiger partial charge in [-0.05, 0) is 18.2 Å². The number of fused-ring (bicyclic) bond motifs is 5. The summed E-state index contributed by atoms with van der Waals surface area (Å²) in [5, 5.41) is 22.6. The molecule has 0 aliphatic carbocycles. The van der Waals surface area contributed by atoms with Crippen molar-refractivity contribution in [2.45, 2.75) is 18.1 Å². The molecule has 0 fully saturated rings. The predicted molar refractivity (Wildman–Crippen MR) is 91.2 cm³/mol. The molecule has 2 aliphatic heterocycles. The van der Waals surface area contributed by atoms with Crippen molar-refractivity contribution in [3.63, 3.8) is 0 Å². The molecule has 3 atom stereocenters. The van der Waals surface area contributed by atoms with Crippen LogP contribution in [0.15, 0.2) is 30.3 Å². The first kappa shape index (κ1) is 16.1. The van der Waals surface area contributed by atoms with E-state index in [4.69, 9.17) is 27.9 Å². The molecular weight excluding hydrogens is 369 g/mol. The molecule has 0 spiro atoms. The second-order valence-corrected chi connectivity index (χ2v) is 6.74. The van der Waals surface area contributed by atoms with E-state index in [1.807, 2.05) is 0 Å². The molecule has 0 saturated heterocycles. The summed E-state index contributed by atoms with van der Waals surface area (Å²) in [6.07, 6.45) is -0.820. The van der Waals surface area contributed by atoms with E-state index < -0.39 is 30.0 Å². The summed E-state index contributed by atoms with van der Waals surface area (Å²) in [5.74, 6) is -2.58. The fourth-order valence-electron chi connectivity index (χ4n) is 3.53. The van der Waals surface area contributed by atoms with Gasteiger partial charge in [-0.25, -0.2) is 9.59 Å². The van der Waals surface area contributed by atoms with Crippen LogP contribution in [0.3, 0.4) is 0 Å². The number of carboxylic acids is 2. The van der Waals surface area contributed by atoms with Gasteiger partial charge in [-0.3, -0.25) is 0 Å². The van der Waals surface area contributed by atoms with E-state index in [1.165, 1.54) is 6.07 Å². The number of anilines is 1. The van der Waals surface area contributed by atoms with Gasteiger partial charge in [0, 0.05) is 26.9 Å². The number of ether oxygens (including phenoxy) is 1. The Labute approximate surface area is 151 Å². The molecule has 6 nitrogen and oxygen atoms in total. The molecule has 0 bridgehead atoms. The number of nitrogens with one attached hydrogen (secondary N) is 1. The number of aliphatic carboxylic acids is 1. The van der Waals surface area contributed by atoms with E-state index in [-0.39, 0.29) is 11.3 Å². The Morgan fingerprint density at radius 1 is 1.16 bits per heavy atom. The first-order chi connectivity index (χ1) is 11.9. The number of carbonyl (C=O) groups is 2. The molecule has 2 aromatic rings. The number of hydrogen-bond donors (Lipinski definition) is 3. The highest BCUT2D eigenvalue weighted by atomic mass is 35.5. The highest BCUT2D eigenvalue weighted by molar-refractivity contribution is 6.35. The summed E-state index contributed by atoms with van der Waals surface area (Å²) in [7, 11) is 0. The summed E-state index contributed by atoms with van der Waals surface area (Å²) in [6.45, 7) is 0. The summed E-state index contributed by atoms with van der Waals surface area (Å²) in [5.41, 5.74) is 1.74. The third-order valence-electron chi connectivity index (χ3n) is 4.50. The van der Waals surface area contributed by atoms with Crippen LogP contribution < -0.4 is 10.1 Å². The molecule has 4 rings (SSSR count). The monoisotopic (exact) mass is 379 g/mol. The Kier molecular flexibility index (Phi) is 3.56. The largest absolute Gasteiger partial charge is 0.485 e. The summed E-state index contributed by atoms with van der Waals surface area (Å²) >= 11 is 12.4. The Morgan fingerprint density at radius 3 is 2.60 bits per heavy atom. The van der Waals surface area contributed by atoms with E-state index in [0.29, 0.717) is 26.9 Å². The molecule has 3 N–H and O–H groups in total. The molecule has 0 saturated carbocycles. The third kappa shape index (κ3) is 2.33. The number of benzene rings is 2. The molecule has 2 heterocycles. The number of rotatable bonds is 2. The normalized spacial score (nSPS) is 22.9. The van der Waals surface area contributed by atoms with Crippen molar-refractivity contribution in [1.82, 2.24) is 0 Å². The predicted octanol–water partition coefficient (Wildman–Crippen LogP) is 3.46. The molecule has 0 radical (unpaired) electrons. The summed E-state index contributed by atoms with van der Waals surface area (Å²) in [4.78, 5) is 23.2. The van der Waals surface area contributed by atoms with Crippen LogP contribution in [-0.4, -0.2) is 34.3 Å². The zero-order chi connectivity index (χ0) is 17.9. The van der Waals surface area contributed by atoms with Crippen LogP contribution in [0.4, 0.5) is 5.69 Å². The molecule has 0 amide bonds. The van der Waals surface area contributed by atoms with E-state index in [2.05, 4.69) is 5.32 Å². The smallest absolute Gasteiger partial charge is 0.339 e. The lowest BCUT2D eigenvalue weighted by atomic mass is 9.81. The molecule has 8 heteroatoms. The van der Waals surface area contributed by atoms with E-state index in [0.717, 1.165) is 0 Å². The first-order valence-corrected chi connectivity index (χ1v) is 8.15. The summed E-state index contributed by atoms with van der Waals surface area (Å²) in [6, 6.07) is 6.86. The maximum Gasteiger partial charge on any atom is 0.339 e. The highest BCUT2D eigenvalue weighted by Gasteiger charge is 2.49. The molecule has 0 aromatic heterocycles. The second kappa shape index (κ2) is 5.54. The Bertz CT molecular complexity index is 929. The molecule has 128 valence electrons. The molecule has 25 heavy (non-hydrogen) atoms. The van der Waals surface area contributed by atoms with E-state index >= 15 is 0 Å². The van der Waals surface area contributed by atoms with E-state index in [1.54, 1.807) is 24.3 Å². The number of aromatic carboxylic acids is 1. The Hall–Kier alpha value is -2.44. The Morgan fingerprint density at radius 2 is 1.92 bits per heavy atom. The zero-order valence-electron chi connectivity index (χ0n) is 12.5. The van der Waals surface area contributed by atoms with Crippen molar-refractivity contribution in [3.8, 4) is 5.75 Å². The van der Waals surface area contributed by atoms with Gasteiger partial charge in [0.2, 0.25) is 0 Å². The average molecular weight is 380 g/mol. The van der Waals surface area contributed by atoms with Gasteiger partial charge in [0.15, 0.2) is 6.04 Å². The first-order valence-electron chi connectivity index (χ1n) is 7.39. The van der Waals surface area contributed by atoms with E-state index in [9.17, 15) is 19.8 Å². The maximum absolute atomic E-state index is 11.7. The maximum atomic E-state index is 11.7. The van der Waals surface area contributed by atoms with Gasteiger partial charge in [-0.1, -0.05) is 35.3 Å². The van der Waals surface area contributed by atoms with Gasteiger partial charge in [-0.15, -0.1) is 0 Å². The molecular formula is C17H11Cl2NO5. The van der Waals surface area contributed by atoms with Crippen LogP contribution >= 0.6 is 23.2 Å². The van der Waals surface area contributed by atoms with Crippen LogP contribution in [0.1, 0.15) is 27.4 Å². The molecule has 3 unspecified atom stereocenters. The minimum absolute atomic E-state index is 0.0114. The lowest BCUT2D eigenvalue weighted by molar-refractivity contribution is -0.140. The number of hydrogen-bond acceptors (Lipinski definition) is 4.